The summed E-state index contributed by atoms with van der Waals surface area (Å²) in [5, 5.41) is 0. The van der Waals surface area contributed by atoms with Gasteiger partial charge in [0, 0.05) is 31.1 Å². The highest BCUT2D eigenvalue weighted by molar-refractivity contribution is 5.98. The Morgan fingerprint density at radius 3 is 2.23 bits per heavy atom. The summed E-state index contributed by atoms with van der Waals surface area (Å²) < 4.78 is 27.3. The SMILES string of the molecule is O=C(c1cc(F)ccc1F)C1CCN(Cc2ccc(C(=O)N3CCCC3)cc2)CC1. The van der Waals surface area contributed by atoms with Crippen molar-refractivity contribution in [3.63, 3.8) is 0 Å². The van der Waals surface area contributed by atoms with E-state index >= 15 is 0 Å². The first-order valence-corrected chi connectivity index (χ1v) is 10.6. The summed E-state index contributed by atoms with van der Waals surface area (Å²) in [6, 6.07) is 10.8. The molecule has 2 saturated heterocycles. The molecule has 4 nitrogen and oxygen atoms in total. The monoisotopic (exact) mass is 412 g/mol. The van der Waals surface area contributed by atoms with Gasteiger partial charge in [0.25, 0.3) is 5.91 Å². The minimum absolute atomic E-state index is 0.1000. The molecule has 0 atom stereocenters. The lowest BCUT2D eigenvalue weighted by Gasteiger charge is -2.31. The second kappa shape index (κ2) is 9.04. The van der Waals surface area contributed by atoms with Crippen LogP contribution >= 0.6 is 0 Å². The fourth-order valence-electron chi connectivity index (χ4n) is 4.37. The van der Waals surface area contributed by atoms with Crippen molar-refractivity contribution < 1.29 is 18.4 Å². The standard InChI is InChI=1S/C24H26F2N2O2/c25-20-7-8-22(26)21(15-20)23(29)18-9-13-27(14-10-18)16-17-3-5-19(6-4-17)24(30)28-11-1-2-12-28/h3-8,15,18H,1-2,9-14,16H2. The fraction of sp³-hybridized carbons (Fsp3) is 0.417. The molecular weight excluding hydrogens is 386 g/mol. The second-order valence-corrected chi connectivity index (χ2v) is 8.24. The van der Waals surface area contributed by atoms with Gasteiger partial charge in [0.15, 0.2) is 5.78 Å². The molecule has 0 aliphatic carbocycles. The van der Waals surface area contributed by atoms with E-state index in [1.807, 2.05) is 29.2 Å². The van der Waals surface area contributed by atoms with Gasteiger partial charge in [0.05, 0.1) is 5.56 Å². The lowest BCUT2D eigenvalue weighted by Crippen LogP contribution is -2.36. The first-order chi connectivity index (χ1) is 14.5. The lowest BCUT2D eigenvalue weighted by atomic mass is 9.88. The average Bonchev–Trinajstić information content (AvgIpc) is 3.30. The number of hydrogen-bond donors (Lipinski definition) is 0. The normalized spacial score (nSPS) is 18.0. The molecule has 0 bridgehead atoms. The molecule has 2 heterocycles. The van der Waals surface area contributed by atoms with Gasteiger partial charge >= 0.3 is 0 Å². The molecule has 30 heavy (non-hydrogen) atoms. The van der Waals surface area contributed by atoms with Crippen LogP contribution in [0.3, 0.4) is 0 Å². The number of rotatable bonds is 5. The van der Waals surface area contributed by atoms with Crippen molar-refractivity contribution in [3.8, 4) is 0 Å². The highest BCUT2D eigenvalue weighted by Gasteiger charge is 2.28. The van der Waals surface area contributed by atoms with Crippen molar-refractivity contribution in [2.24, 2.45) is 5.92 Å². The topological polar surface area (TPSA) is 40.6 Å². The third kappa shape index (κ3) is 4.59. The van der Waals surface area contributed by atoms with Gasteiger partial charge in [0.2, 0.25) is 0 Å². The number of Topliss-reactive ketones (excluding diaryl/α,β-unsaturated/α-hetero) is 1. The molecule has 0 N–H and O–H groups in total. The Morgan fingerprint density at radius 1 is 0.900 bits per heavy atom. The molecule has 0 aromatic heterocycles. The summed E-state index contributed by atoms with van der Waals surface area (Å²) in [7, 11) is 0. The van der Waals surface area contributed by atoms with Gasteiger partial charge in [-0.1, -0.05) is 12.1 Å². The summed E-state index contributed by atoms with van der Waals surface area (Å²) in [6.07, 6.45) is 3.41. The Balaban J connectivity index is 1.31. The molecule has 0 radical (unpaired) electrons. The Bertz CT molecular complexity index is 915. The van der Waals surface area contributed by atoms with E-state index in [1.165, 1.54) is 0 Å². The van der Waals surface area contributed by atoms with Crippen LogP contribution in [0.4, 0.5) is 8.78 Å². The van der Waals surface area contributed by atoms with E-state index in [9.17, 15) is 18.4 Å². The van der Waals surface area contributed by atoms with Crippen LogP contribution in [-0.4, -0.2) is 47.7 Å². The van der Waals surface area contributed by atoms with E-state index in [4.69, 9.17) is 0 Å². The smallest absolute Gasteiger partial charge is 0.253 e. The van der Waals surface area contributed by atoms with E-state index in [2.05, 4.69) is 4.90 Å². The van der Waals surface area contributed by atoms with Crippen LogP contribution in [-0.2, 0) is 6.54 Å². The number of carbonyl (C=O) groups is 2. The molecule has 2 aliphatic rings. The number of hydrogen-bond acceptors (Lipinski definition) is 3. The number of carbonyl (C=O) groups excluding carboxylic acids is 2. The zero-order chi connectivity index (χ0) is 21.1. The third-order valence-electron chi connectivity index (χ3n) is 6.15. The molecule has 2 aromatic rings. The maximum atomic E-state index is 13.9. The van der Waals surface area contributed by atoms with Crippen molar-refractivity contribution in [1.29, 1.82) is 0 Å². The largest absolute Gasteiger partial charge is 0.339 e. The zero-order valence-electron chi connectivity index (χ0n) is 16.9. The van der Waals surface area contributed by atoms with Crippen LogP contribution < -0.4 is 0 Å². The van der Waals surface area contributed by atoms with Gasteiger partial charge in [0.1, 0.15) is 11.6 Å². The first-order valence-electron chi connectivity index (χ1n) is 10.6. The third-order valence-corrected chi connectivity index (χ3v) is 6.15. The van der Waals surface area contributed by atoms with E-state index in [-0.39, 0.29) is 23.2 Å². The Hall–Kier alpha value is -2.60. The number of nitrogens with zero attached hydrogens (tertiary/aromatic N) is 2. The van der Waals surface area contributed by atoms with Crippen molar-refractivity contribution in [2.45, 2.75) is 32.2 Å². The van der Waals surface area contributed by atoms with Gasteiger partial charge in [-0.05, 0) is 74.7 Å². The maximum Gasteiger partial charge on any atom is 0.253 e. The number of halogens is 2. The summed E-state index contributed by atoms with van der Waals surface area (Å²) in [5.41, 5.74) is 1.70. The maximum absolute atomic E-state index is 13.9. The fourth-order valence-corrected chi connectivity index (χ4v) is 4.37. The molecule has 0 saturated carbocycles. The van der Waals surface area contributed by atoms with E-state index < -0.39 is 11.6 Å². The average molecular weight is 412 g/mol. The molecule has 6 heteroatoms. The van der Waals surface area contributed by atoms with Gasteiger partial charge in [-0.25, -0.2) is 8.78 Å². The molecule has 4 rings (SSSR count). The van der Waals surface area contributed by atoms with Crippen molar-refractivity contribution in [2.75, 3.05) is 26.2 Å². The number of amides is 1. The quantitative estimate of drug-likeness (QED) is 0.688. The second-order valence-electron chi connectivity index (χ2n) is 8.24. The van der Waals surface area contributed by atoms with Crippen LogP contribution in [0.15, 0.2) is 42.5 Å². The molecule has 2 aromatic carbocycles. The lowest BCUT2D eigenvalue weighted by molar-refractivity contribution is 0.0792. The zero-order valence-corrected chi connectivity index (χ0v) is 16.9. The van der Waals surface area contributed by atoms with Crippen LogP contribution in [0.5, 0.6) is 0 Å². The highest BCUT2D eigenvalue weighted by Crippen LogP contribution is 2.25. The molecular formula is C24H26F2N2O2. The summed E-state index contributed by atoms with van der Waals surface area (Å²) in [5.74, 6) is -1.74. The Kier molecular flexibility index (Phi) is 6.23. The number of piperidine rings is 1. The van der Waals surface area contributed by atoms with Crippen LogP contribution in [0.2, 0.25) is 0 Å². The minimum atomic E-state index is -0.660. The number of ketones is 1. The number of benzene rings is 2. The van der Waals surface area contributed by atoms with Crippen LogP contribution in [0.1, 0.15) is 52.0 Å². The van der Waals surface area contributed by atoms with Crippen molar-refractivity contribution in [3.05, 3.63) is 70.8 Å². The molecule has 0 spiro atoms. The molecule has 2 aliphatic heterocycles. The minimum Gasteiger partial charge on any atom is -0.339 e. The Morgan fingerprint density at radius 2 is 1.57 bits per heavy atom. The molecule has 2 fully saturated rings. The highest BCUT2D eigenvalue weighted by atomic mass is 19.1. The van der Waals surface area contributed by atoms with E-state index in [0.29, 0.717) is 12.8 Å². The molecule has 0 unspecified atom stereocenters. The molecule has 158 valence electrons. The van der Waals surface area contributed by atoms with Crippen LogP contribution in [0.25, 0.3) is 0 Å². The van der Waals surface area contributed by atoms with Gasteiger partial charge < -0.3 is 4.90 Å². The van der Waals surface area contributed by atoms with Crippen LogP contribution in [0, 0.1) is 17.6 Å². The predicted octanol–water partition coefficient (Wildman–Crippen LogP) is 4.30. The van der Waals surface area contributed by atoms with Gasteiger partial charge in [-0.15, -0.1) is 0 Å². The van der Waals surface area contributed by atoms with Gasteiger partial charge in [-0.2, -0.15) is 0 Å². The van der Waals surface area contributed by atoms with Crippen molar-refractivity contribution in [1.82, 2.24) is 9.80 Å². The summed E-state index contributed by atoms with van der Waals surface area (Å²) in [4.78, 5) is 29.2. The Labute approximate surface area is 175 Å². The first kappa shape index (κ1) is 20.7. The predicted molar refractivity (Wildman–Crippen MR) is 110 cm³/mol. The summed E-state index contributed by atoms with van der Waals surface area (Å²) in [6.45, 7) is 3.87. The van der Waals surface area contributed by atoms with Crippen molar-refractivity contribution >= 4 is 11.7 Å². The molecule has 1 amide bonds. The summed E-state index contributed by atoms with van der Waals surface area (Å²) >= 11 is 0. The van der Waals surface area contributed by atoms with Gasteiger partial charge in [-0.3, -0.25) is 14.5 Å². The van der Waals surface area contributed by atoms with E-state index in [1.54, 1.807) is 0 Å². The number of likely N-dealkylation sites (tertiary alicyclic amines) is 2. The van der Waals surface area contributed by atoms with E-state index in [0.717, 1.165) is 74.9 Å².